The molecule has 0 unspecified atom stereocenters. The van der Waals surface area contributed by atoms with Crippen molar-refractivity contribution in [3.63, 3.8) is 0 Å². The summed E-state index contributed by atoms with van der Waals surface area (Å²) in [5.41, 5.74) is 2.01. The van der Waals surface area contributed by atoms with Crippen molar-refractivity contribution in [3.8, 4) is 5.75 Å². The molecule has 1 aliphatic rings. The number of carbonyl (C=O) groups is 2. The van der Waals surface area contributed by atoms with Gasteiger partial charge in [-0.2, -0.15) is 0 Å². The van der Waals surface area contributed by atoms with Crippen LogP contribution in [-0.2, 0) is 9.59 Å². The highest BCUT2D eigenvalue weighted by molar-refractivity contribution is 7.16. The van der Waals surface area contributed by atoms with Gasteiger partial charge in [0, 0.05) is 10.4 Å². The average Bonchev–Trinajstić information content (AvgIpc) is 3.24. The van der Waals surface area contributed by atoms with E-state index in [4.69, 9.17) is 4.74 Å². The standard InChI is InChI=1S/C24H22N2O4S/c1-4-30-18-12-10-16(11-13-18)20-19(21(27)17-8-6-5-7-9-17)22(28)23(29)26(20)24-25-14(2)15(3)31-24/h5-13,20,27H,4H2,1-3H3/t20-/m1/s1. The second kappa shape index (κ2) is 8.35. The number of thiazole rings is 1. The summed E-state index contributed by atoms with van der Waals surface area (Å²) in [6.07, 6.45) is 0. The number of amides is 1. The highest BCUT2D eigenvalue weighted by Crippen LogP contribution is 2.43. The molecule has 0 bridgehead atoms. The van der Waals surface area contributed by atoms with Gasteiger partial charge in [-0.1, -0.05) is 42.5 Å². The monoisotopic (exact) mass is 434 g/mol. The Morgan fingerprint density at radius 3 is 2.35 bits per heavy atom. The van der Waals surface area contributed by atoms with E-state index in [2.05, 4.69) is 4.98 Å². The molecule has 1 N–H and O–H groups in total. The van der Waals surface area contributed by atoms with E-state index in [0.717, 1.165) is 10.6 Å². The van der Waals surface area contributed by atoms with Crippen LogP contribution >= 0.6 is 11.3 Å². The smallest absolute Gasteiger partial charge is 0.301 e. The van der Waals surface area contributed by atoms with Gasteiger partial charge in [0.2, 0.25) is 0 Å². The topological polar surface area (TPSA) is 79.7 Å². The van der Waals surface area contributed by atoms with Crippen LogP contribution in [0.2, 0.25) is 0 Å². The van der Waals surface area contributed by atoms with Crippen molar-refractivity contribution in [1.29, 1.82) is 0 Å². The van der Waals surface area contributed by atoms with Crippen LogP contribution in [0.15, 0.2) is 60.2 Å². The van der Waals surface area contributed by atoms with Gasteiger partial charge in [-0.25, -0.2) is 4.98 Å². The number of rotatable bonds is 5. The molecule has 1 aliphatic heterocycles. The molecule has 1 saturated heterocycles. The number of carbonyl (C=O) groups excluding carboxylic acids is 2. The lowest BCUT2D eigenvalue weighted by molar-refractivity contribution is -0.132. The molecule has 2 heterocycles. The first kappa shape index (κ1) is 20.8. The van der Waals surface area contributed by atoms with Crippen LogP contribution in [0.5, 0.6) is 5.75 Å². The number of aryl methyl sites for hydroxylation is 2. The molecule has 4 rings (SSSR count). The molecule has 1 atom stereocenters. The van der Waals surface area contributed by atoms with Gasteiger partial charge in [-0.3, -0.25) is 14.5 Å². The fourth-order valence-electron chi connectivity index (χ4n) is 3.57. The van der Waals surface area contributed by atoms with Crippen LogP contribution in [0.25, 0.3) is 5.76 Å². The highest BCUT2D eigenvalue weighted by Gasteiger charge is 2.48. The maximum atomic E-state index is 13.1. The van der Waals surface area contributed by atoms with Crippen molar-refractivity contribution in [2.24, 2.45) is 0 Å². The lowest BCUT2D eigenvalue weighted by Crippen LogP contribution is -2.29. The van der Waals surface area contributed by atoms with Gasteiger partial charge >= 0.3 is 5.91 Å². The third kappa shape index (κ3) is 3.72. The van der Waals surface area contributed by atoms with Crippen LogP contribution in [0.4, 0.5) is 5.13 Å². The van der Waals surface area contributed by atoms with E-state index in [0.29, 0.717) is 28.6 Å². The summed E-state index contributed by atoms with van der Waals surface area (Å²) < 4.78 is 5.52. The number of hydrogen-bond donors (Lipinski definition) is 1. The van der Waals surface area contributed by atoms with Gasteiger partial charge in [0.05, 0.1) is 23.9 Å². The van der Waals surface area contributed by atoms with Gasteiger partial charge < -0.3 is 9.84 Å². The second-order valence-electron chi connectivity index (χ2n) is 7.18. The summed E-state index contributed by atoms with van der Waals surface area (Å²) in [6, 6.07) is 15.2. The summed E-state index contributed by atoms with van der Waals surface area (Å²) >= 11 is 1.35. The molecule has 158 valence electrons. The summed E-state index contributed by atoms with van der Waals surface area (Å²) in [5.74, 6) is -0.951. The minimum Gasteiger partial charge on any atom is -0.507 e. The van der Waals surface area contributed by atoms with Crippen molar-refractivity contribution >= 4 is 33.9 Å². The average molecular weight is 435 g/mol. The van der Waals surface area contributed by atoms with Gasteiger partial charge in [0.25, 0.3) is 5.78 Å². The number of aromatic nitrogens is 1. The molecule has 31 heavy (non-hydrogen) atoms. The van der Waals surface area contributed by atoms with Crippen molar-refractivity contribution in [3.05, 3.63) is 81.9 Å². The van der Waals surface area contributed by atoms with E-state index in [9.17, 15) is 14.7 Å². The molecule has 7 heteroatoms. The summed E-state index contributed by atoms with van der Waals surface area (Å²) in [7, 11) is 0. The third-order valence-electron chi connectivity index (χ3n) is 5.22. The Labute approximate surface area is 184 Å². The molecule has 0 radical (unpaired) electrons. The molecule has 1 amide bonds. The number of benzene rings is 2. The molecule has 6 nitrogen and oxygen atoms in total. The van der Waals surface area contributed by atoms with E-state index in [-0.39, 0.29) is 11.3 Å². The number of ketones is 1. The van der Waals surface area contributed by atoms with Crippen LogP contribution in [0, 0.1) is 13.8 Å². The molecule has 1 fully saturated rings. The Bertz CT molecular complexity index is 1150. The summed E-state index contributed by atoms with van der Waals surface area (Å²) in [4.78, 5) is 33.0. The minimum atomic E-state index is -0.791. The van der Waals surface area contributed by atoms with Gasteiger partial charge in [-0.15, -0.1) is 11.3 Å². The molecule has 0 aliphatic carbocycles. The first-order valence-electron chi connectivity index (χ1n) is 9.95. The minimum absolute atomic E-state index is 0.0471. The van der Waals surface area contributed by atoms with E-state index in [1.807, 2.05) is 26.8 Å². The van der Waals surface area contributed by atoms with Crippen LogP contribution < -0.4 is 9.64 Å². The normalized spacial score (nSPS) is 17.9. The van der Waals surface area contributed by atoms with Gasteiger partial charge in [-0.05, 0) is 38.5 Å². The largest absolute Gasteiger partial charge is 0.507 e. The lowest BCUT2D eigenvalue weighted by atomic mass is 9.95. The van der Waals surface area contributed by atoms with Crippen molar-refractivity contribution < 1.29 is 19.4 Å². The highest BCUT2D eigenvalue weighted by atomic mass is 32.1. The Morgan fingerprint density at radius 2 is 1.77 bits per heavy atom. The molecule has 1 aromatic heterocycles. The second-order valence-corrected chi connectivity index (χ2v) is 8.36. The van der Waals surface area contributed by atoms with Crippen molar-refractivity contribution in [2.75, 3.05) is 11.5 Å². The number of nitrogens with zero attached hydrogens (tertiary/aromatic N) is 2. The number of ether oxygens (including phenoxy) is 1. The van der Waals surface area contributed by atoms with E-state index >= 15 is 0 Å². The summed E-state index contributed by atoms with van der Waals surface area (Å²) in [6.45, 7) is 6.21. The van der Waals surface area contributed by atoms with Crippen molar-refractivity contribution in [2.45, 2.75) is 26.8 Å². The number of aliphatic hydroxyl groups excluding tert-OH is 1. The number of anilines is 1. The van der Waals surface area contributed by atoms with Gasteiger partial charge in [0.1, 0.15) is 11.5 Å². The zero-order valence-electron chi connectivity index (χ0n) is 17.5. The molecule has 3 aromatic rings. The fraction of sp³-hybridized carbons (Fsp3) is 0.208. The Hall–Kier alpha value is -3.45. The van der Waals surface area contributed by atoms with E-state index in [1.165, 1.54) is 16.2 Å². The molecule has 0 spiro atoms. The number of Topliss-reactive ketones (excluding diaryl/α,β-unsaturated/α-hetero) is 1. The molecule has 0 saturated carbocycles. The third-order valence-corrected chi connectivity index (χ3v) is 6.29. The van der Waals surface area contributed by atoms with Crippen LogP contribution in [-0.4, -0.2) is 28.4 Å². The van der Waals surface area contributed by atoms with E-state index < -0.39 is 17.7 Å². The number of aliphatic hydroxyl groups is 1. The molecular formula is C24H22N2O4S. The zero-order chi connectivity index (χ0) is 22.1. The first-order valence-corrected chi connectivity index (χ1v) is 10.8. The van der Waals surface area contributed by atoms with Gasteiger partial charge in [0.15, 0.2) is 5.13 Å². The lowest BCUT2D eigenvalue weighted by Gasteiger charge is -2.23. The van der Waals surface area contributed by atoms with Crippen LogP contribution in [0.3, 0.4) is 0 Å². The predicted octanol–water partition coefficient (Wildman–Crippen LogP) is 4.78. The Morgan fingerprint density at radius 1 is 1.10 bits per heavy atom. The van der Waals surface area contributed by atoms with E-state index in [1.54, 1.807) is 48.5 Å². The van der Waals surface area contributed by atoms with Crippen molar-refractivity contribution in [1.82, 2.24) is 4.98 Å². The Balaban J connectivity index is 1.91. The molecular weight excluding hydrogens is 412 g/mol. The summed E-state index contributed by atoms with van der Waals surface area (Å²) in [5, 5.41) is 11.5. The fourth-order valence-corrected chi connectivity index (χ4v) is 4.51. The SMILES string of the molecule is CCOc1ccc([C@@H]2C(=C(O)c3ccccc3)C(=O)C(=O)N2c2nc(C)c(C)s2)cc1. The number of hydrogen-bond acceptors (Lipinski definition) is 6. The predicted molar refractivity (Wildman–Crippen MR) is 120 cm³/mol. The zero-order valence-corrected chi connectivity index (χ0v) is 18.3. The molecule has 2 aromatic carbocycles. The first-order chi connectivity index (χ1) is 14.9. The quantitative estimate of drug-likeness (QED) is 0.355. The maximum Gasteiger partial charge on any atom is 0.301 e. The Kier molecular flexibility index (Phi) is 5.61. The maximum absolute atomic E-state index is 13.1. The van der Waals surface area contributed by atoms with Crippen LogP contribution in [0.1, 0.15) is 34.7 Å².